The number of carbonyl (C=O) groups is 1. The second-order valence-corrected chi connectivity index (χ2v) is 7.13. The molecule has 3 rings (SSSR count). The predicted octanol–water partition coefficient (Wildman–Crippen LogP) is 3.07. The highest BCUT2D eigenvalue weighted by Crippen LogP contribution is 2.26. The lowest BCUT2D eigenvalue weighted by atomic mass is 10.1. The molecule has 0 saturated heterocycles. The molecule has 6 nitrogen and oxygen atoms in total. The lowest BCUT2D eigenvalue weighted by Crippen LogP contribution is -2.33. The quantitative estimate of drug-likeness (QED) is 0.586. The average Bonchev–Trinajstić information content (AvgIpc) is 3.07. The molecule has 1 atom stereocenters. The largest absolute Gasteiger partial charge is 0.368 e. The molecule has 0 aliphatic carbocycles. The zero-order chi connectivity index (χ0) is 19.1. The van der Waals surface area contributed by atoms with E-state index in [4.69, 9.17) is 5.73 Å². The number of hydrogen-bond acceptors (Lipinski definition) is 5. The van der Waals surface area contributed by atoms with E-state index in [-0.39, 0.29) is 11.9 Å². The third-order valence-electron chi connectivity index (χ3n) is 4.22. The Labute approximate surface area is 163 Å². The van der Waals surface area contributed by atoms with Crippen molar-refractivity contribution in [3.63, 3.8) is 0 Å². The Morgan fingerprint density at radius 1 is 1.07 bits per heavy atom. The van der Waals surface area contributed by atoms with Crippen molar-refractivity contribution in [3.05, 3.63) is 71.8 Å². The maximum atomic E-state index is 12.6. The van der Waals surface area contributed by atoms with Crippen molar-refractivity contribution in [1.29, 1.82) is 0 Å². The Morgan fingerprint density at radius 3 is 2.37 bits per heavy atom. The molecule has 140 valence electrons. The summed E-state index contributed by atoms with van der Waals surface area (Å²) in [5.41, 5.74) is 8.33. The van der Waals surface area contributed by atoms with Crippen molar-refractivity contribution < 1.29 is 4.79 Å². The highest BCUT2D eigenvalue weighted by atomic mass is 32.2. The summed E-state index contributed by atoms with van der Waals surface area (Å²) < 4.78 is 1.69. The SMILES string of the molecule is CC(C(=O)NCCc1ccccc1)n1c(N)nnc1SCc1ccccc1. The number of nitrogens with one attached hydrogen (secondary N) is 1. The van der Waals surface area contributed by atoms with E-state index in [1.807, 2.05) is 55.5 Å². The fraction of sp³-hybridized carbons (Fsp3) is 0.250. The number of amides is 1. The third kappa shape index (κ3) is 5.10. The van der Waals surface area contributed by atoms with Crippen molar-refractivity contribution >= 4 is 23.6 Å². The fourth-order valence-electron chi connectivity index (χ4n) is 2.71. The molecule has 0 fully saturated rings. The molecule has 3 N–H and O–H groups in total. The molecule has 7 heteroatoms. The molecule has 1 heterocycles. The van der Waals surface area contributed by atoms with Crippen LogP contribution in [0.2, 0.25) is 0 Å². The number of aromatic nitrogens is 3. The van der Waals surface area contributed by atoms with Crippen molar-refractivity contribution in [3.8, 4) is 0 Å². The summed E-state index contributed by atoms with van der Waals surface area (Å²) in [5.74, 6) is 0.886. The van der Waals surface area contributed by atoms with Gasteiger partial charge in [0.15, 0.2) is 5.16 Å². The number of nitrogens with two attached hydrogens (primary N) is 1. The first kappa shape index (κ1) is 19.0. The molecule has 3 aromatic rings. The van der Waals surface area contributed by atoms with Crippen LogP contribution in [0.15, 0.2) is 65.8 Å². The van der Waals surface area contributed by atoms with Crippen LogP contribution in [0, 0.1) is 0 Å². The molecule has 1 aromatic heterocycles. The molecule has 0 bridgehead atoms. The second-order valence-electron chi connectivity index (χ2n) is 6.19. The van der Waals surface area contributed by atoms with Crippen molar-refractivity contribution in [2.24, 2.45) is 0 Å². The second kappa shape index (κ2) is 9.23. The van der Waals surface area contributed by atoms with Crippen molar-refractivity contribution in [1.82, 2.24) is 20.1 Å². The average molecular weight is 382 g/mol. The number of nitrogens with zero attached hydrogens (tertiary/aromatic N) is 3. The highest BCUT2D eigenvalue weighted by molar-refractivity contribution is 7.98. The summed E-state index contributed by atoms with van der Waals surface area (Å²) in [6.07, 6.45) is 0.784. The maximum absolute atomic E-state index is 12.6. The van der Waals surface area contributed by atoms with E-state index >= 15 is 0 Å². The van der Waals surface area contributed by atoms with E-state index in [9.17, 15) is 4.79 Å². The monoisotopic (exact) mass is 381 g/mol. The first-order chi connectivity index (χ1) is 13.1. The van der Waals surface area contributed by atoms with Crippen LogP contribution < -0.4 is 11.1 Å². The smallest absolute Gasteiger partial charge is 0.243 e. The standard InChI is InChI=1S/C20H23N5OS/c1-15(18(26)22-13-12-16-8-4-2-5-9-16)25-19(21)23-24-20(25)27-14-17-10-6-3-7-11-17/h2-11,15H,12-14H2,1H3,(H2,21,23)(H,22,26). The van der Waals surface area contributed by atoms with Gasteiger partial charge in [-0.05, 0) is 24.5 Å². The van der Waals surface area contributed by atoms with E-state index < -0.39 is 6.04 Å². The fourth-order valence-corrected chi connectivity index (χ4v) is 3.69. The van der Waals surface area contributed by atoms with Gasteiger partial charge >= 0.3 is 0 Å². The number of rotatable bonds is 8. The number of carbonyl (C=O) groups excluding carboxylic acids is 1. The van der Waals surface area contributed by atoms with Crippen LogP contribution in [0.3, 0.4) is 0 Å². The molecule has 27 heavy (non-hydrogen) atoms. The predicted molar refractivity (Wildman–Crippen MR) is 108 cm³/mol. The normalized spacial score (nSPS) is 11.9. The molecule has 0 saturated carbocycles. The third-order valence-corrected chi connectivity index (χ3v) is 5.24. The minimum Gasteiger partial charge on any atom is -0.368 e. The van der Waals surface area contributed by atoms with Crippen LogP contribution in [0.5, 0.6) is 0 Å². The summed E-state index contributed by atoms with van der Waals surface area (Å²) in [5, 5.41) is 11.7. The van der Waals surface area contributed by atoms with Crippen LogP contribution in [0.25, 0.3) is 0 Å². The number of nitrogen functional groups attached to an aromatic ring is 1. The number of anilines is 1. The molecule has 0 radical (unpaired) electrons. The Hall–Kier alpha value is -2.80. The zero-order valence-corrected chi connectivity index (χ0v) is 16.0. The van der Waals surface area contributed by atoms with Crippen LogP contribution in [-0.4, -0.2) is 27.2 Å². The number of benzene rings is 2. The van der Waals surface area contributed by atoms with E-state index in [1.165, 1.54) is 22.9 Å². The number of thioether (sulfide) groups is 1. The first-order valence-corrected chi connectivity index (χ1v) is 9.82. The van der Waals surface area contributed by atoms with E-state index in [2.05, 4.69) is 27.6 Å². The maximum Gasteiger partial charge on any atom is 0.243 e. The minimum absolute atomic E-state index is 0.0982. The summed E-state index contributed by atoms with van der Waals surface area (Å²) in [7, 11) is 0. The van der Waals surface area contributed by atoms with E-state index in [0.29, 0.717) is 11.7 Å². The van der Waals surface area contributed by atoms with E-state index in [1.54, 1.807) is 4.57 Å². The Morgan fingerprint density at radius 2 is 1.70 bits per heavy atom. The van der Waals surface area contributed by atoms with Crippen molar-refractivity contribution in [2.45, 2.75) is 30.3 Å². The molecular weight excluding hydrogens is 358 g/mol. The van der Waals surface area contributed by atoms with Gasteiger partial charge in [0.25, 0.3) is 0 Å². The van der Waals surface area contributed by atoms with Gasteiger partial charge in [-0.25, -0.2) is 0 Å². The lowest BCUT2D eigenvalue weighted by Gasteiger charge is -2.16. The summed E-state index contributed by atoms with van der Waals surface area (Å²) in [6, 6.07) is 19.7. The first-order valence-electron chi connectivity index (χ1n) is 8.84. The summed E-state index contributed by atoms with van der Waals surface area (Å²) in [4.78, 5) is 12.6. The van der Waals surface area contributed by atoms with Crippen molar-refractivity contribution in [2.75, 3.05) is 12.3 Å². The van der Waals surface area contributed by atoms with Gasteiger partial charge in [0, 0.05) is 12.3 Å². The molecule has 1 amide bonds. The van der Waals surface area contributed by atoms with Gasteiger partial charge in [0.05, 0.1) is 0 Å². The molecule has 0 aliphatic rings. The van der Waals surface area contributed by atoms with Gasteiger partial charge < -0.3 is 11.1 Å². The number of hydrogen-bond donors (Lipinski definition) is 2. The van der Waals surface area contributed by atoms with Gasteiger partial charge in [-0.1, -0.05) is 72.4 Å². The lowest BCUT2D eigenvalue weighted by molar-refractivity contribution is -0.123. The molecule has 0 aliphatic heterocycles. The van der Waals surface area contributed by atoms with Crippen LogP contribution in [-0.2, 0) is 17.0 Å². The topological polar surface area (TPSA) is 85.8 Å². The van der Waals surface area contributed by atoms with Gasteiger partial charge in [0.1, 0.15) is 6.04 Å². The highest BCUT2D eigenvalue weighted by Gasteiger charge is 2.21. The molecule has 1 unspecified atom stereocenters. The van der Waals surface area contributed by atoms with Gasteiger partial charge in [-0.15, -0.1) is 10.2 Å². The molecule has 2 aromatic carbocycles. The molecular formula is C20H23N5OS. The summed E-state index contributed by atoms with van der Waals surface area (Å²) in [6.45, 7) is 2.38. The Bertz CT molecular complexity index is 867. The van der Waals surface area contributed by atoms with Gasteiger partial charge in [-0.3, -0.25) is 9.36 Å². The Balaban J connectivity index is 1.59. The van der Waals surface area contributed by atoms with Gasteiger partial charge in [-0.2, -0.15) is 0 Å². The van der Waals surface area contributed by atoms with Gasteiger partial charge in [0.2, 0.25) is 11.9 Å². The van der Waals surface area contributed by atoms with Crippen LogP contribution in [0.1, 0.15) is 24.1 Å². The molecule has 0 spiro atoms. The minimum atomic E-state index is -0.478. The van der Waals surface area contributed by atoms with Crippen LogP contribution >= 0.6 is 11.8 Å². The van der Waals surface area contributed by atoms with E-state index in [0.717, 1.165) is 12.2 Å². The Kier molecular flexibility index (Phi) is 6.49. The summed E-state index contributed by atoms with van der Waals surface area (Å²) >= 11 is 1.52. The van der Waals surface area contributed by atoms with Crippen LogP contribution in [0.4, 0.5) is 5.95 Å². The zero-order valence-electron chi connectivity index (χ0n) is 15.2.